The molecule has 24 heavy (non-hydrogen) atoms. The molecule has 0 spiro atoms. The molecule has 1 heterocycles. The number of carbonyl (C=O) groups excluding carboxylic acids is 2. The van der Waals surface area contributed by atoms with Gasteiger partial charge in [0.2, 0.25) is 0 Å². The van der Waals surface area contributed by atoms with Gasteiger partial charge in [0.05, 0.1) is 0 Å². The summed E-state index contributed by atoms with van der Waals surface area (Å²) in [6.45, 7) is 7.51. The summed E-state index contributed by atoms with van der Waals surface area (Å²) in [6.07, 6.45) is 4.66. The number of carbonyl (C=O) groups is 3. The van der Waals surface area contributed by atoms with Crippen LogP contribution in [-0.2, 0) is 23.9 Å². The first kappa shape index (κ1) is 20.5. The van der Waals surface area contributed by atoms with E-state index in [1.54, 1.807) is 6.92 Å². The largest absolute Gasteiger partial charge is 0.475 e. The standard InChI is InChI=1S/C18H30O6/c1-13(12-17(2,3)4)18(16(21)22)23-14(19)10-8-6-5-7-9-11-15(20)24-18/h13H,5-12H2,1-4H3,(H,21,22). The molecule has 1 saturated heterocycles. The van der Waals surface area contributed by atoms with Crippen LogP contribution < -0.4 is 0 Å². The molecule has 1 unspecified atom stereocenters. The first-order valence-electron chi connectivity index (χ1n) is 8.74. The Labute approximate surface area is 143 Å². The number of esters is 2. The van der Waals surface area contributed by atoms with Crippen molar-refractivity contribution in [2.45, 2.75) is 84.8 Å². The highest BCUT2D eigenvalue weighted by Gasteiger charge is 2.52. The normalized spacial score (nSPS) is 21.7. The molecular weight excluding hydrogens is 312 g/mol. The highest BCUT2D eigenvalue weighted by atomic mass is 16.7. The lowest BCUT2D eigenvalue weighted by Gasteiger charge is -2.36. The first-order valence-corrected chi connectivity index (χ1v) is 8.74. The van der Waals surface area contributed by atoms with Gasteiger partial charge in [-0.3, -0.25) is 9.59 Å². The van der Waals surface area contributed by atoms with Gasteiger partial charge in [-0.2, -0.15) is 0 Å². The van der Waals surface area contributed by atoms with E-state index in [4.69, 9.17) is 9.47 Å². The lowest BCUT2D eigenvalue weighted by atomic mass is 9.81. The van der Waals surface area contributed by atoms with Crippen molar-refractivity contribution in [3.8, 4) is 0 Å². The summed E-state index contributed by atoms with van der Waals surface area (Å²) in [5.74, 6) is -5.61. The number of carboxylic acids is 1. The third-order valence-electron chi connectivity index (χ3n) is 4.16. The van der Waals surface area contributed by atoms with Gasteiger partial charge in [0.1, 0.15) is 0 Å². The van der Waals surface area contributed by atoms with Crippen molar-refractivity contribution in [1.82, 2.24) is 0 Å². The van der Waals surface area contributed by atoms with Gasteiger partial charge in [-0.05, 0) is 24.7 Å². The number of hydrogen-bond donors (Lipinski definition) is 1. The molecular formula is C18H30O6. The molecule has 1 aliphatic heterocycles. The molecule has 1 aliphatic rings. The number of ether oxygens (including phenoxy) is 2. The Balaban J connectivity index is 3.12. The fraction of sp³-hybridized carbons (Fsp3) is 0.833. The fourth-order valence-electron chi connectivity index (χ4n) is 3.08. The molecule has 138 valence electrons. The van der Waals surface area contributed by atoms with Gasteiger partial charge in [-0.1, -0.05) is 47.0 Å². The highest BCUT2D eigenvalue weighted by Crippen LogP contribution is 2.35. The first-order chi connectivity index (χ1) is 11.1. The molecule has 0 amide bonds. The Morgan fingerprint density at radius 2 is 1.46 bits per heavy atom. The number of cyclic esters (lactones) is 2. The van der Waals surface area contributed by atoms with Crippen molar-refractivity contribution in [1.29, 1.82) is 0 Å². The van der Waals surface area contributed by atoms with Crippen LogP contribution in [0.25, 0.3) is 0 Å². The molecule has 1 rings (SSSR count). The van der Waals surface area contributed by atoms with Crippen molar-refractivity contribution in [2.24, 2.45) is 11.3 Å². The predicted molar refractivity (Wildman–Crippen MR) is 88.1 cm³/mol. The van der Waals surface area contributed by atoms with Crippen molar-refractivity contribution >= 4 is 17.9 Å². The van der Waals surface area contributed by atoms with Gasteiger partial charge in [-0.25, -0.2) is 4.79 Å². The summed E-state index contributed by atoms with van der Waals surface area (Å²) in [6, 6.07) is 0. The van der Waals surface area contributed by atoms with Gasteiger partial charge in [0, 0.05) is 18.8 Å². The van der Waals surface area contributed by atoms with Gasteiger partial charge >= 0.3 is 23.7 Å². The Morgan fingerprint density at radius 1 is 1.04 bits per heavy atom. The van der Waals surface area contributed by atoms with Crippen LogP contribution in [0.1, 0.15) is 79.1 Å². The summed E-state index contributed by atoms with van der Waals surface area (Å²) >= 11 is 0. The monoisotopic (exact) mass is 342 g/mol. The average Bonchev–Trinajstić information content (AvgIpc) is 2.41. The van der Waals surface area contributed by atoms with Crippen LogP contribution in [-0.4, -0.2) is 28.8 Å². The van der Waals surface area contributed by atoms with Crippen LogP contribution in [0.5, 0.6) is 0 Å². The summed E-state index contributed by atoms with van der Waals surface area (Å²) in [5, 5.41) is 9.74. The van der Waals surface area contributed by atoms with Crippen molar-refractivity contribution in [3.05, 3.63) is 0 Å². The maximum Gasteiger partial charge on any atom is 0.390 e. The Bertz CT molecular complexity index is 441. The molecule has 1 fully saturated rings. The van der Waals surface area contributed by atoms with Gasteiger partial charge in [0.15, 0.2) is 0 Å². The molecule has 0 saturated carbocycles. The zero-order chi connectivity index (χ0) is 18.4. The van der Waals surface area contributed by atoms with Crippen LogP contribution >= 0.6 is 0 Å². The minimum Gasteiger partial charge on any atom is -0.475 e. The maximum atomic E-state index is 12.1. The Morgan fingerprint density at radius 3 is 1.83 bits per heavy atom. The van der Waals surface area contributed by atoms with E-state index in [9.17, 15) is 19.5 Å². The van der Waals surface area contributed by atoms with Crippen LogP contribution in [0.2, 0.25) is 0 Å². The number of carboxylic acid groups (broad SMARTS) is 1. The number of hydrogen-bond acceptors (Lipinski definition) is 5. The lowest BCUT2D eigenvalue weighted by Crippen LogP contribution is -2.53. The van der Waals surface area contributed by atoms with E-state index < -0.39 is 29.6 Å². The van der Waals surface area contributed by atoms with Crippen LogP contribution in [0, 0.1) is 11.3 Å². The van der Waals surface area contributed by atoms with Gasteiger partial charge in [0.25, 0.3) is 0 Å². The second-order valence-electron chi connectivity index (χ2n) is 7.85. The van der Waals surface area contributed by atoms with Crippen molar-refractivity contribution in [2.75, 3.05) is 0 Å². The van der Waals surface area contributed by atoms with Crippen LogP contribution in [0.3, 0.4) is 0 Å². The zero-order valence-electron chi connectivity index (χ0n) is 15.2. The van der Waals surface area contributed by atoms with E-state index in [1.807, 2.05) is 20.8 Å². The molecule has 0 aromatic rings. The maximum absolute atomic E-state index is 12.1. The molecule has 6 nitrogen and oxygen atoms in total. The van der Waals surface area contributed by atoms with Gasteiger partial charge < -0.3 is 14.6 Å². The summed E-state index contributed by atoms with van der Waals surface area (Å²) in [4.78, 5) is 36.2. The average molecular weight is 342 g/mol. The lowest BCUT2D eigenvalue weighted by molar-refractivity contribution is -0.253. The van der Waals surface area contributed by atoms with E-state index >= 15 is 0 Å². The minimum absolute atomic E-state index is 0.134. The molecule has 0 aliphatic carbocycles. The highest BCUT2D eigenvalue weighted by molar-refractivity contribution is 5.84. The van der Waals surface area contributed by atoms with E-state index in [0.29, 0.717) is 19.3 Å². The third kappa shape index (κ3) is 6.13. The van der Waals surface area contributed by atoms with Crippen molar-refractivity contribution in [3.63, 3.8) is 0 Å². The SMILES string of the molecule is CC(CC(C)(C)C)C1(C(=O)O)OC(=O)CCCCCCCC(=O)O1. The fourth-order valence-corrected chi connectivity index (χ4v) is 3.08. The molecule has 0 aromatic carbocycles. The molecule has 1 N–H and O–H groups in total. The topological polar surface area (TPSA) is 89.9 Å². The quantitative estimate of drug-likeness (QED) is 0.787. The minimum atomic E-state index is -2.25. The predicted octanol–water partition coefficient (Wildman–Crippen LogP) is 3.67. The molecule has 0 radical (unpaired) electrons. The number of rotatable bonds is 3. The zero-order valence-corrected chi connectivity index (χ0v) is 15.2. The second-order valence-corrected chi connectivity index (χ2v) is 7.85. The van der Waals surface area contributed by atoms with E-state index in [0.717, 1.165) is 19.3 Å². The molecule has 0 bridgehead atoms. The van der Waals surface area contributed by atoms with Gasteiger partial charge in [-0.15, -0.1) is 0 Å². The molecule has 0 aromatic heterocycles. The third-order valence-corrected chi connectivity index (χ3v) is 4.16. The summed E-state index contributed by atoms with van der Waals surface area (Å²) in [7, 11) is 0. The Hall–Kier alpha value is -1.59. The second kappa shape index (κ2) is 8.49. The molecule has 1 atom stereocenters. The summed E-state index contributed by atoms with van der Waals surface area (Å²) < 4.78 is 10.5. The van der Waals surface area contributed by atoms with E-state index in [1.165, 1.54) is 0 Å². The van der Waals surface area contributed by atoms with E-state index in [2.05, 4.69) is 0 Å². The van der Waals surface area contributed by atoms with Crippen molar-refractivity contribution < 1.29 is 29.0 Å². The van der Waals surface area contributed by atoms with Crippen LogP contribution in [0.15, 0.2) is 0 Å². The van der Waals surface area contributed by atoms with Crippen LogP contribution in [0.4, 0.5) is 0 Å². The smallest absolute Gasteiger partial charge is 0.390 e. The molecule has 6 heteroatoms. The number of aliphatic carboxylic acids is 1. The summed E-state index contributed by atoms with van der Waals surface area (Å²) in [5.41, 5.74) is -0.204. The van der Waals surface area contributed by atoms with E-state index in [-0.39, 0.29) is 18.3 Å². The Kier molecular flexibility index (Phi) is 7.24.